The first-order chi connectivity index (χ1) is 11.7. The number of piperidine rings is 1. The van der Waals surface area contributed by atoms with Gasteiger partial charge >= 0.3 is 0 Å². The molecule has 0 amide bonds. The van der Waals surface area contributed by atoms with Gasteiger partial charge in [0.1, 0.15) is 0 Å². The van der Waals surface area contributed by atoms with Crippen molar-refractivity contribution in [3.05, 3.63) is 0 Å². The number of nitrogens with one attached hydrogen (secondary N) is 1. The van der Waals surface area contributed by atoms with E-state index in [1.807, 2.05) is 7.05 Å². The molecule has 138 valence electrons. The fourth-order valence-corrected chi connectivity index (χ4v) is 4.80. The number of ether oxygens (including phenoxy) is 1. The van der Waals surface area contributed by atoms with Crippen LogP contribution in [0.1, 0.15) is 51.4 Å². The van der Waals surface area contributed by atoms with Gasteiger partial charge in [-0.2, -0.15) is 0 Å². The maximum atomic E-state index is 5.88. The summed E-state index contributed by atoms with van der Waals surface area (Å²) < 4.78 is 5.88. The number of guanidine groups is 1. The monoisotopic (exact) mass is 336 g/mol. The van der Waals surface area contributed by atoms with E-state index in [9.17, 15) is 0 Å². The zero-order chi connectivity index (χ0) is 16.8. The fourth-order valence-electron chi connectivity index (χ4n) is 4.80. The fraction of sp³-hybridized carbons (Fsp3) is 0.947. The van der Waals surface area contributed by atoms with E-state index in [-0.39, 0.29) is 6.10 Å². The second kappa shape index (κ2) is 8.52. The van der Waals surface area contributed by atoms with Crippen molar-refractivity contribution in [2.24, 2.45) is 10.4 Å². The third-order valence-electron chi connectivity index (χ3n) is 6.17. The van der Waals surface area contributed by atoms with Crippen LogP contribution in [0.2, 0.25) is 0 Å². The van der Waals surface area contributed by atoms with E-state index < -0.39 is 0 Å². The Balaban J connectivity index is 1.54. The molecule has 1 saturated carbocycles. The lowest BCUT2D eigenvalue weighted by molar-refractivity contribution is -0.0165. The molecule has 5 nitrogen and oxygen atoms in total. The van der Waals surface area contributed by atoms with E-state index in [4.69, 9.17) is 4.74 Å². The van der Waals surface area contributed by atoms with E-state index in [1.54, 1.807) is 0 Å². The number of likely N-dealkylation sites (N-methyl/N-ethyl adjacent to an activating group) is 1. The van der Waals surface area contributed by atoms with Crippen molar-refractivity contribution >= 4 is 5.96 Å². The predicted octanol–water partition coefficient (Wildman–Crippen LogP) is 2.33. The molecular formula is C19H36N4O. The van der Waals surface area contributed by atoms with Gasteiger partial charge in [0.05, 0.1) is 12.7 Å². The van der Waals surface area contributed by atoms with Crippen molar-refractivity contribution in [1.29, 1.82) is 0 Å². The quantitative estimate of drug-likeness (QED) is 0.621. The minimum absolute atomic E-state index is 0.275. The van der Waals surface area contributed by atoms with E-state index in [2.05, 4.69) is 27.2 Å². The van der Waals surface area contributed by atoms with Crippen LogP contribution in [-0.4, -0.2) is 75.3 Å². The van der Waals surface area contributed by atoms with Crippen molar-refractivity contribution in [2.75, 3.05) is 53.4 Å². The van der Waals surface area contributed by atoms with Crippen LogP contribution >= 0.6 is 0 Å². The highest BCUT2D eigenvalue weighted by Crippen LogP contribution is 2.42. The highest BCUT2D eigenvalue weighted by Gasteiger charge is 2.36. The first-order valence-electron chi connectivity index (χ1n) is 9.97. The minimum atomic E-state index is 0.275. The van der Waals surface area contributed by atoms with Gasteiger partial charge in [-0.15, -0.1) is 0 Å². The summed E-state index contributed by atoms with van der Waals surface area (Å²) in [6, 6.07) is 0. The Morgan fingerprint density at radius 3 is 2.58 bits per heavy atom. The Bertz CT molecular complexity index is 418. The summed E-state index contributed by atoms with van der Waals surface area (Å²) in [6.07, 6.45) is 11.5. The van der Waals surface area contributed by atoms with Crippen LogP contribution in [0.4, 0.5) is 0 Å². The van der Waals surface area contributed by atoms with E-state index in [0.29, 0.717) is 5.41 Å². The number of hydrogen-bond donors (Lipinski definition) is 1. The molecule has 5 heteroatoms. The van der Waals surface area contributed by atoms with E-state index >= 15 is 0 Å². The van der Waals surface area contributed by atoms with Crippen LogP contribution in [0.25, 0.3) is 0 Å². The number of nitrogens with zero attached hydrogens (tertiary/aromatic N) is 3. The molecule has 1 N–H and O–H groups in total. The molecule has 2 saturated heterocycles. The van der Waals surface area contributed by atoms with Gasteiger partial charge in [0, 0.05) is 39.8 Å². The number of hydrogen-bond acceptors (Lipinski definition) is 3. The smallest absolute Gasteiger partial charge is 0.193 e. The average Bonchev–Trinajstić information content (AvgIpc) is 2.81. The molecule has 3 rings (SSSR count). The van der Waals surface area contributed by atoms with Crippen molar-refractivity contribution in [1.82, 2.24) is 15.1 Å². The van der Waals surface area contributed by atoms with Crippen LogP contribution in [0.3, 0.4) is 0 Å². The van der Waals surface area contributed by atoms with Crippen LogP contribution in [0.5, 0.6) is 0 Å². The molecule has 0 aromatic heterocycles. The first kappa shape index (κ1) is 18.0. The lowest BCUT2D eigenvalue weighted by Gasteiger charge is -2.44. The van der Waals surface area contributed by atoms with Crippen molar-refractivity contribution in [3.8, 4) is 0 Å². The summed E-state index contributed by atoms with van der Waals surface area (Å²) in [5.74, 6) is 1.08. The van der Waals surface area contributed by atoms with E-state index in [0.717, 1.165) is 38.7 Å². The van der Waals surface area contributed by atoms with E-state index in [1.165, 1.54) is 57.9 Å². The third kappa shape index (κ3) is 4.63. The van der Waals surface area contributed by atoms with Crippen LogP contribution in [-0.2, 0) is 4.74 Å². The topological polar surface area (TPSA) is 40.1 Å². The zero-order valence-electron chi connectivity index (χ0n) is 15.7. The molecule has 0 radical (unpaired) electrons. The average molecular weight is 337 g/mol. The molecule has 1 unspecified atom stereocenters. The summed E-state index contributed by atoms with van der Waals surface area (Å²) in [5.41, 5.74) is 0.550. The Morgan fingerprint density at radius 2 is 1.88 bits per heavy atom. The normalized spacial score (nSPS) is 29.5. The standard InChI is InChI=1S/C19H36N4O/c1-20-18(21-14-17-15-22(2)12-13-24-17)23-11-7-10-19(16-23)8-5-3-4-6-9-19/h17H,3-16H2,1-2H3,(H,20,21). The number of aliphatic imine (C=N–C) groups is 1. The molecule has 24 heavy (non-hydrogen) atoms. The lowest BCUT2D eigenvalue weighted by Crippen LogP contribution is -2.53. The van der Waals surface area contributed by atoms with Crippen LogP contribution in [0, 0.1) is 5.41 Å². The van der Waals surface area contributed by atoms with Crippen molar-refractivity contribution in [2.45, 2.75) is 57.5 Å². The summed E-state index contributed by atoms with van der Waals surface area (Å²) in [7, 11) is 4.09. The van der Waals surface area contributed by atoms with Gasteiger partial charge in [0.15, 0.2) is 5.96 Å². The van der Waals surface area contributed by atoms with Gasteiger partial charge in [0.25, 0.3) is 0 Å². The molecular weight excluding hydrogens is 300 g/mol. The van der Waals surface area contributed by atoms with Crippen molar-refractivity contribution < 1.29 is 4.74 Å². The molecule has 3 aliphatic rings. The predicted molar refractivity (Wildman–Crippen MR) is 99.5 cm³/mol. The van der Waals surface area contributed by atoms with Gasteiger partial charge < -0.3 is 19.9 Å². The Kier molecular flexibility index (Phi) is 6.39. The summed E-state index contributed by atoms with van der Waals surface area (Å²) in [4.78, 5) is 9.44. The molecule has 2 heterocycles. The second-order valence-electron chi connectivity index (χ2n) is 8.12. The number of morpholine rings is 1. The first-order valence-corrected chi connectivity index (χ1v) is 9.97. The van der Waals surface area contributed by atoms with Crippen LogP contribution in [0.15, 0.2) is 4.99 Å². The van der Waals surface area contributed by atoms with Gasteiger partial charge in [-0.1, -0.05) is 25.7 Å². The Morgan fingerprint density at radius 1 is 1.12 bits per heavy atom. The van der Waals surface area contributed by atoms with Crippen LogP contribution < -0.4 is 5.32 Å². The maximum Gasteiger partial charge on any atom is 0.193 e. The molecule has 0 aromatic rings. The SMILES string of the molecule is CN=C(NCC1CN(C)CCO1)N1CCCC2(CCCCCC2)C1. The summed E-state index contributed by atoms with van der Waals surface area (Å²) >= 11 is 0. The maximum absolute atomic E-state index is 5.88. The number of likely N-dealkylation sites (tertiary alicyclic amines) is 1. The van der Waals surface area contributed by atoms with Gasteiger partial charge in [0.2, 0.25) is 0 Å². The lowest BCUT2D eigenvalue weighted by atomic mass is 9.74. The highest BCUT2D eigenvalue weighted by molar-refractivity contribution is 5.80. The second-order valence-corrected chi connectivity index (χ2v) is 8.12. The minimum Gasteiger partial charge on any atom is -0.374 e. The Labute approximate surface area is 147 Å². The molecule has 1 atom stereocenters. The molecule has 1 spiro atoms. The molecule has 0 bridgehead atoms. The molecule has 1 aliphatic carbocycles. The highest BCUT2D eigenvalue weighted by atomic mass is 16.5. The zero-order valence-corrected chi connectivity index (χ0v) is 15.7. The van der Waals surface area contributed by atoms with Gasteiger partial charge in [-0.3, -0.25) is 4.99 Å². The Hall–Kier alpha value is -0.810. The molecule has 0 aromatic carbocycles. The third-order valence-corrected chi connectivity index (χ3v) is 6.17. The van der Waals surface area contributed by atoms with Gasteiger partial charge in [-0.25, -0.2) is 0 Å². The molecule has 2 aliphatic heterocycles. The number of rotatable bonds is 2. The summed E-state index contributed by atoms with van der Waals surface area (Å²) in [5, 5.41) is 3.59. The summed E-state index contributed by atoms with van der Waals surface area (Å²) in [6.45, 7) is 6.09. The van der Waals surface area contributed by atoms with Gasteiger partial charge in [-0.05, 0) is 38.1 Å². The van der Waals surface area contributed by atoms with Crippen molar-refractivity contribution in [3.63, 3.8) is 0 Å². The largest absolute Gasteiger partial charge is 0.374 e. The molecule has 3 fully saturated rings.